The summed E-state index contributed by atoms with van der Waals surface area (Å²) in [6, 6.07) is 4.90. The standard InChI is InChI=1S/C12H16BrFN2/c1-15-7-9-4-5-16(8-9)12-3-2-10(14)6-11(12)13/h2-3,6,9,15H,4-5,7-8H2,1H3. The molecule has 1 aliphatic rings. The van der Waals surface area contributed by atoms with Crippen LogP contribution in [0, 0.1) is 11.7 Å². The van der Waals surface area contributed by atoms with Gasteiger partial charge in [-0.1, -0.05) is 0 Å². The van der Waals surface area contributed by atoms with Crippen LogP contribution in [0.4, 0.5) is 10.1 Å². The van der Waals surface area contributed by atoms with Crippen LogP contribution in [0.2, 0.25) is 0 Å². The molecule has 1 N–H and O–H groups in total. The van der Waals surface area contributed by atoms with Crippen molar-refractivity contribution in [1.29, 1.82) is 0 Å². The van der Waals surface area contributed by atoms with Gasteiger partial charge in [-0.2, -0.15) is 0 Å². The Balaban J connectivity index is 2.08. The summed E-state index contributed by atoms with van der Waals surface area (Å²) < 4.78 is 13.8. The van der Waals surface area contributed by atoms with Crippen LogP contribution in [-0.2, 0) is 0 Å². The average Bonchev–Trinajstić information content (AvgIpc) is 2.67. The molecule has 0 aliphatic carbocycles. The van der Waals surface area contributed by atoms with Crippen molar-refractivity contribution in [3.63, 3.8) is 0 Å². The van der Waals surface area contributed by atoms with Gasteiger partial charge in [0, 0.05) is 17.6 Å². The lowest BCUT2D eigenvalue weighted by Gasteiger charge is -2.20. The lowest BCUT2D eigenvalue weighted by Crippen LogP contribution is -2.24. The third kappa shape index (κ3) is 2.55. The number of hydrogen-bond donors (Lipinski definition) is 1. The maximum absolute atomic E-state index is 13.0. The van der Waals surface area contributed by atoms with Crippen molar-refractivity contribution in [2.24, 2.45) is 5.92 Å². The van der Waals surface area contributed by atoms with Crippen molar-refractivity contribution in [3.8, 4) is 0 Å². The van der Waals surface area contributed by atoms with Gasteiger partial charge >= 0.3 is 0 Å². The number of nitrogens with zero attached hydrogens (tertiary/aromatic N) is 1. The maximum atomic E-state index is 13.0. The van der Waals surface area contributed by atoms with E-state index < -0.39 is 0 Å². The quantitative estimate of drug-likeness (QED) is 0.919. The predicted octanol–water partition coefficient (Wildman–Crippen LogP) is 2.63. The molecule has 1 heterocycles. The Hall–Kier alpha value is -0.610. The molecule has 0 bridgehead atoms. The summed E-state index contributed by atoms with van der Waals surface area (Å²) >= 11 is 3.42. The Morgan fingerprint density at radius 2 is 2.38 bits per heavy atom. The van der Waals surface area contributed by atoms with Crippen LogP contribution in [-0.4, -0.2) is 26.7 Å². The minimum atomic E-state index is -0.193. The molecule has 0 saturated carbocycles. The summed E-state index contributed by atoms with van der Waals surface area (Å²) in [7, 11) is 1.98. The summed E-state index contributed by atoms with van der Waals surface area (Å²) in [5.41, 5.74) is 1.10. The minimum Gasteiger partial charge on any atom is -0.370 e. The van der Waals surface area contributed by atoms with Crippen LogP contribution in [0.15, 0.2) is 22.7 Å². The summed E-state index contributed by atoms with van der Waals surface area (Å²) in [5.74, 6) is 0.503. The van der Waals surface area contributed by atoms with Crippen LogP contribution in [0.1, 0.15) is 6.42 Å². The number of hydrogen-bond acceptors (Lipinski definition) is 2. The molecule has 2 nitrogen and oxygen atoms in total. The smallest absolute Gasteiger partial charge is 0.124 e. The first kappa shape index (κ1) is 11.9. The van der Waals surface area contributed by atoms with Gasteiger partial charge in [0.25, 0.3) is 0 Å². The van der Waals surface area contributed by atoms with E-state index in [1.165, 1.54) is 18.6 Å². The van der Waals surface area contributed by atoms with Crippen LogP contribution in [0.3, 0.4) is 0 Å². The maximum Gasteiger partial charge on any atom is 0.124 e. The van der Waals surface area contributed by atoms with Crippen molar-refractivity contribution in [2.75, 3.05) is 31.6 Å². The monoisotopic (exact) mass is 286 g/mol. The summed E-state index contributed by atoms with van der Waals surface area (Å²) in [5, 5.41) is 3.21. The van der Waals surface area contributed by atoms with Crippen LogP contribution in [0.5, 0.6) is 0 Å². The van der Waals surface area contributed by atoms with Gasteiger partial charge in [-0.3, -0.25) is 0 Å². The van der Waals surface area contributed by atoms with Crippen molar-refractivity contribution in [1.82, 2.24) is 5.32 Å². The zero-order valence-electron chi connectivity index (χ0n) is 9.34. The Bertz CT molecular complexity index is 370. The molecule has 0 aromatic heterocycles. The molecule has 1 aliphatic heterocycles. The summed E-state index contributed by atoms with van der Waals surface area (Å²) in [4.78, 5) is 2.31. The molecule has 1 atom stereocenters. The second-order valence-corrected chi connectivity index (χ2v) is 5.11. The van der Waals surface area contributed by atoms with Gasteiger partial charge in [-0.05, 0) is 60.1 Å². The third-order valence-corrected chi connectivity index (χ3v) is 3.66. The first-order chi connectivity index (χ1) is 7.70. The van der Waals surface area contributed by atoms with Gasteiger partial charge in [0.05, 0.1) is 5.69 Å². The highest BCUT2D eigenvalue weighted by Gasteiger charge is 2.23. The molecule has 2 rings (SSSR count). The van der Waals surface area contributed by atoms with Gasteiger partial charge in [0.2, 0.25) is 0 Å². The Labute approximate surface area is 104 Å². The van der Waals surface area contributed by atoms with Crippen LogP contribution in [0.25, 0.3) is 0 Å². The summed E-state index contributed by atoms with van der Waals surface area (Å²) in [6.07, 6.45) is 1.20. The fraction of sp³-hybridized carbons (Fsp3) is 0.500. The number of nitrogens with one attached hydrogen (secondary N) is 1. The van der Waals surface area contributed by atoms with E-state index in [1.54, 1.807) is 0 Å². The van der Waals surface area contributed by atoms with Crippen LogP contribution >= 0.6 is 15.9 Å². The van der Waals surface area contributed by atoms with Gasteiger partial charge in [-0.15, -0.1) is 0 Å². The normalized spacial score (nSPS) is 20.4. The molecular formula is C12H16BrFN2. The topological polar surface area (TPSA) is 15.3 Å². The first-order valence-electron chi connectivity index (χ1n) is 5.55. The molecule has 16 heavy (non-hydrogen) atoms. The second-order valence-electron chi connectivity index (χ2n) is 4.25. The zero-order chi connectivity index (χ0) is 11.5. The summed E-state index contributed by atoms with van der Waals surface area (Å²) in [6.45, 7) is 3.15. The molecule has 88 valence electrons. The molecule has 0 amide bonds. The van der Waals surface area contributed by atoms with E-state index in [4.69, 9.17) is 0 Å². The lowest BCUT2D eigenvalue weighted by atomic mass is 10.1. The fourth-order valence-electron chi connectivity index (χ4n) is 2.24. The molecule has 0 radical (unpaired) electrons. The Kier molecular flexibility index (Phi) is 3.82. The fourth-order valence-corrected chi connectivity index (χ4v) is 2.85. The largest absolute Gasteiger partial charge is 0.370 e. The van der Waals surface area contributed by atoms with Gasteiger partial charge in [-0.25, -0.2) is 4.39 Å². The Morgan fingerprint density at radius 3 is 3.06 bits per heavy atom. The van der Waals surface area contributed by atoms with E-state index >= 15 is 0 Å². The van der Waals surface area contributed by atoms with Gasteiger partial charge in [0.15, 0.2) is 0 Å². The molecule has 1 fully saturated rings. The van der Waals surface area contributed by atoms with E-state index in [0.717, 1.165) is 29.8 Å². The van der Waals surface area contributed by atoms with E-state index in [0.29, 0.717) is 5.92 Å². The van der Waals surface area contributed by atoms with Crippen molar-refractivity contribution in [3.05, 3.63) is 28.5 Å². The van der Waals surface area contributed by atoms with E-state index in [9.17, 15) is 4.39 Å². The molecular weight excluding hydrogens is 271 g/mol. The molecule has 1 aromatic rings. The van der Waals surface area contributed by atoms with E-state index in [2.05, 4.69) is 26.1 Å². The van der Waals surface area contributed by atoms with Crippen molar-refractivity contribution < 1.29 is 4.39 Å². The van der Waals surface area contributed by atoms with E-state index in [-0.39, 0.29) is 5.82 Å². The number of rotatable bonds is 3. The number of anilines is 1. The van der Waals surface area contributed by atoms with Crippen molar-refractivity contribution in [2.45, 2.75) is 6.42 Å². The molecule has 1 aromatic carbocycles. The predicted molar refractivity (Wildman–Crippen MR) is 68.3 cm³/mol. The molecule has 4 heteroatoms. The minimum absolute atomic E-state index is 0.193. The zero-order valence-corrected chi connectivity index (χ0v) is 10.9. The highest BCUT2D eigenvalue weighted by Crippen LogP contribution is 2.30. The molecule has 1 saturated heterocycles. The number of halogens is 2. The third-order valence-electron chi connectivity index (χ3n) is 3.03. The average molecular weight is 287 g/mol. The van der Waals surface area contributed by atoms with Crippen molar-refractivity contribution >= 4 is 21.6 Å². The molecule has 1 unspecified atom stereocenters. The van der Waals surface area contributed by atoms with Crippen LogP contribution < -0.4 is 10.2 Å². The van der Waals surface area contributed by atoms with E-state index in [1.807, 2.05) is 13.1 Å². The highest BCUT2D eigenvalue weighted by molar-refractivity contribution is 9.10. The van der Waals surface area contributed by atoms with Gasteiger partial charge in [0.1, 0.15) is 5.82 Å². The van der Waals surface area contributed by atoms with Gasteiger partial charge < -0.3 is 10.2 Å². The first-order valence-corrected chi connectivity index (χ1v) is 6.34. The highest BCUT2D eigenvalue weighted by atomic mass is 79.9. The Morgan fingerprint density at radius 1 is 1.56 bits per heavy atom. The second kappa shape index (κ2) is 5.15. The number of benzene rings is 1. The molecule has 0 spiro atoms. The SMILES string of the molecule is CNCC1CCN(c2ccc(F)cc2Br)C1. The lowest BCUT2D eigenvalue weighted by molar-refractivity contribution is 0.549.